The minimum atomic E-state index is -4.57. The lowest BCUT2D eigenvalue weighted by molar-refractivity contribution is -0.136. The molecule has 2 aromatic carbocycles. The molecule has 1 heterocycles. The molecule has 2 N–H and O–H groups in total. The van der Waals surface area contributed by atoms with Crippen molar-refractivity contribution in [1.82, 2.24) is 19.8 Å². The number of hydrogen-bond donors (Lipinski definition) is 2. The van der Waals surface area contributed by atoms with Gasteiger partial charge in [0.1, 0.15) is 5.82 Å². The van der Waals surface area contributed by atoms with Gasteiger partial charge in [-0.2, -0.15) is 13.2 Å². The summed E-state index contributed by atoms with van der Waals surface area (Å²) in [7, 11) is 5.49. The van der Waals surface area contributed by atoms with Crippen molar-refractivity contribution in [2.75, 3.05) is 44.9 Å². The number of halogens is 3. The Morgan fingerprint density at radius 3 is 2.42 bits per heavy atom. The maximum absolute atomic E-state index is 13.2. The zero-order valence-corrected chi connectivity index (χ0v) is 18.8. The topological polar surface area (TPSA) is 73.4 Å². The molecule has 0 bridgehead atoms. The molecule has 0 unspecified atom stereocenters. The molecule has 1 aromatic heterocycles. The van der Waals surface area contributed by atoms with E-state index in [1.54, 1.807) is 0 Å². The van der Waals surface area contributed by atoms with Crippen LogP contribution in [0.1, 0.15) is 17.8 Å². The summed E-state index contributed by atoms with van der Waals surface area (Å²) in [6, 6.07) is 11.7. The predicted octanol–water partition coefficient (Wildman–Crippen LogP) is 4.68. The van der Waals surface area contributed by atoms with Gasteiger partial charge < -0.3 is 20.4 Å². The number of para-hydroxylation sites is 2. The summed E-state index contributed by atoms with van der Waals surface area (Å²) in [5.74, 6) is 1.04. The minimum Gasteiger partial charge on any atom is -0.369 e. The second-order valence-electron chi connectivity index (χ2n) is 7.92. The molecule has 7 nitrogen and oxygen atoms in total. The molecule has 0 fully saturated rings. The summed E-state index contributed by atoms with van der Waals surface area (Å²) in [6.45, 7) is 1.66. The molecular weight excluding hydrogens is 433 g/mol. The third-order valence-corrected chi connectivity index (χ3v) is 4.92. The van der Waals surface area contributed by atoms with Gasteiger partial charge in [-0.05, 0) is 51.3 Å². The molecule has 33 heavy (non-hydrogen) atoms. The number of rotatable bonds is 8. The molecule has 0 aliphatic heterocycles. The Bertz CT molecular complexity index is 1100. The van der Waals surface area contributed by atoms with Gasteiger partial charge in [-0.15, -0.1) is 0 Å². The van der Waals surface area contributed by atoms with E-state index >= 15 is 0 Å². The lowest BCUT2D eigenvalue weighted by atomic mass is 10.1. The Labute approximate surface area is 190 Å². The van der Waals surface area contributed by atoms with Gasteiger partial charge in [0.15, 0.2) is 5.82 Å². The first-order valence-corrected chi connectivity index (χ1v) is 10.5. The van der Waals surface area contributed by atoms with E-state index in [1.807, 2.05) is 38.4 Å². The molecule has 3 aromatic rings. The number of amides is 2. The summed E-state index contributed by atoms with van der Waals surface area (Å²) in [6.07, 6.45) is -3.65. The van der Waals surface area contributed by atoms with E-state index in [9.17, 15) is 18.0 Å². The summed E-state index contributed by atoms with van der Waals surface area (Å²) < 4.78 is 39.6. The summed E-state index contributed by atoms with van der Waals surface area (Å²) in [5, 5.41) is 6.52. The first kappa shape index (κ1) is 24.2. The number of carbonyl (C=O) groups is 1. The molecule has 0 atom stereocenters. The molecule has 0 spiro atoms. The highest BCUT2D eigenvalue weighted by molar-refractivity contribution is 5.90. The number of fused-ring (bicyclic) bond motifs is 1. The second kappa shape index (κ2) is 10.5. The third kappa shape index (κ3) is 6.55. The van der Waals surface area contributed by atoms with Crippen molar-refractivity contribution < 1.29 is 18.0 Å². The highest BCUT2D eigenvalue weighted by Gasteiger charge is 2.33. The quantitative estimate of drug-likeness (QED) is 0.478. The van der Waals surface area contributed by atoms with Crippen LogP contribution in [0.5, 0.6) is 0 Å². The molecule has 0 aliphatic rings. The monoisotopic (exact) mass is 460 g/mol. The van der Waals surface area contributed by atoms with Gasteiger partial charge in [-0.1, -0.05) is 24.3 Å². The fourth-order valence-electron chi connectivity index (χ4n) is 3.27. The fraction of sp³-hybridized carbons (Fsp3) is 0.348. The number of benzene rings is 2. The molecule has 0 radical (unpaired) electrons. The standard InChI is InChI=1S/C23H27F3N6O/c1-31(2)14-8-13-27-21-16-9-4-6-11-18(16)28-20(30-21)15-32(3)22(33)29-19-12-7-5-10-17(19)23(24,25)26/h4-7,9-12H,8,13-15H2,1-3H3,(H,29,33)(H,27,28,30). The number of aromatic nitrogens is 2. The zero-order chi connectivity index (χ0) is 24.0. The molecule has 2 amide bonds. The van der Waals surface area contributed by atoms with Crippen LogP contribution in [0, 0.1) is 0 Å². The molecule has 0 saturated heterocycles. The van der Waals surface area contributed by atoms with Crippen LogP contribution in [-0.4, -0.2) is 60.0 Å². The van der Waals surface area contributed by atoms with Crippen molar-refractivity contribution in [3.05, 3.63) is 59.9 Å². The van der Waals surface area contributed by atoms with Gasteiger partial charge in [0, 0.05) is 19.0 Å². The number of hydrogen-bond acceptors (Lipinski definition) is 5. The van der Waals surface area contributed by atoms with E-state index in [2.05, 4.69) is 25.5 Å². The third-order valence-electron chi connectivity index (χ3n) is 4.92. The number of nitrogens with one attached hydrogen (secondary N) is 2. The second-order valence-corrected chi connectivity index (χ2v) is 7.92. The molecule has 176 valence electrons. The Morgan fingerprint density at radius 2 is 1.70 bits per heavy atom. The number of alkyl halides is 3. The van der Waals surface area contributed by atoms with Crippen LogP contribution in [-0.2, 0) is 12.7 Å². The van der Waals surface area contributed by atoms with Gasteiger partial charge in [0.05, 0.1) is 23.3 Å². The van der Waals surface area contributed by atoms with Crippen molar-refractivity contribution in [3.63, 3.8) is 0 Å². The van der Waals surface area contributed by atoms with Crippen LogP contribution in [0.2, 0.25) is 0 Å². The average molecular weight is 461 g/mol. The average Bonchev–Trinajstić information content (AvgIpc) is 2.76. The lowest BCUT2D eigenvalue weighted by Gasteiger charge is -2.20. The summed E-state index contributed by atoms with van der Waals surface area (Å²) >= 11 is 0. The smallest absolute Gasteiger partial charge is 0.369 e. The van der Waals surface area contributed by atoms with E-state index in [0.29, 0.717) is 23.7 Å². The highest BCUT2D eigenvalue weighted by atomic mass is 19.4. The zero-order valence-electron chi connectivity index (χ0n) is 18.8. The van der Waals surface area contributed by atoms with E-state index in [4.69, 9.17) is 0 Å². The number of nitrogens with zero attached hydrogens (tertiary/aromatic N) is 4. The lowest BCUT2D eigenvalue weighted by Crippen LogP contribution is -2.32. The first-order valence-electron chi connectivity index (χ1n) is 10.5. The van der Waals surface area contributed by atoms with E-state index in [-0.39, 0.29) is 12.2 Å². The van der Waals surface area contributed by atoms with Crippen molar-refractivity contribution >= 4 is 28.4 Å². The molecule has 0 aliphatic carbocycles. The first-order chi connectivity index (χ1) is 15.6. The van der Waals surface area contributed by atoms with Crippen LogP contribution in [0.4, 0.5) is 29.5 Å². The van der Waals surface area contributed by atoms with Gasteiger partial charge in [-0.3, -0.25) is 0 Å². The number of anilines is 2. The summed E-state index contributed by atoms with van der Waals surface area (Å²) in [4.78, 5) is 25.0. The fourth-order valence-corrected chi connectivity index (χ4v) is 3.27. The predicted molar refractivity (Wildman–Crippen MR) is 123 cm³/mol. The van der Waals surface area contributed by atoms with Crippen molar-refractivity contribution in [2.45, 2.75) is 19.1 Å². The van der Waals surface area contributed by atoms with Crippen LogP contribution in [0.3, 0.4) is 0 Å². The van der Waals surface area contributed by atoms with E-state index in [0.717, 1.165) is 24.4 Å². The maximum atomic E-state index is 13.2. The molecular formula is C23H27F3N6O. The SMILES string of the molecule is CN(C)CCCNc1nc(CN(C)C(=O)Nc2ccccc2C(F)(F)F)nc2ccccc12. The highest BCUT2D eigenvalue weighted by Crippen LogP contribution is 2.34. The van der Waals surface area contributed by atoms with Crippen LogP contribution in [0.15, 0.2) is 48.5 Å². The van der Waals surface area contributed by atoms with Gasteiger partial charge in [0.2, 0.25) is 0 Å². The van der Waals surface area contributed by atoms with Crippen molar-refractivity contribution in [3.8, 4) is 0 Å². The molecule has 10 heteroatoms. The van der Waals surface area contributed by atoms with E-state index < -0.39 is 17.8 Å². The van der Waals surface area contributed by atoms with Gasteiger partial charge >= 0.3 is 12.2 Å². The Morgan fingerprint density at radius 1 is 1.00 bits per heavy atom. The van der Waals surface area contributed by atoms with Crippen LogP contribution < -0.4 is 10.6 Å². The van der Waals surface area contributed by atoms with Gasteiger partial charge in [0.25, 0.3) is 0 Å². The Hall–Kier alpha value is -3.40. The summed E-state index contributed by atoms with van der Waals surface area (Å²) in [5.41, 5.74) is -0.490. The Kier molecular flexibility index (Phi) is 7.70. The van der Waals surface area contributed by atoms with Crippen LogP contribution in [0.25, 0.3) is 10.9 Å². The maximum Gasteiger partial charge on any atom is 0.418 e. The van der Waals surface area contributed by atoms with Crippen LogP contribution >= 0.6 is 0 Å². The van der Waals surface area contributed by atoms with Crippen molar-refractivity contribution in [1.29, 1.82) is 0 Å². The molecule has 0 saturated carbocycles. The van der Waals surface area contributed by atoms with E-state index in [1.165, 1.54) is 30.1 Å². The Balaban J connectivity index is 1.75. The minimum absolute atomic E-state index is 0.0250. The number of carbonyl (C=O) groups excluding carboxylic acids is 1. The normalized spacial score (nSPS) is 11.6. The number of urea groups is 1. The van der Waals surface area contributed by atoms with Crippen molar-refractivity contribution in [2.24, 2.45) is 0 Å². The van der Waals surface area contributed by atoms with Gasteiger partial charge in [-0.25, -0.2) is 14.8 Å². The molecule has 3 rings (SSSR count). The largest absolute Gasteiger partial charge is 0.418 e.